The van der Waals surface area contributed by atoms with Crippen molar-refractivity contribution in [3.05, 3.63) is 30.3 Å². The Morgan fingerprint density at radius 1 is 1.32 bits per heavy atom. The summed E-state index contributed by atoms with van der Waals surface area (Å²) in [7, 11) is 0. The lowest BCUT2D eigenvalue weighted by atomic mass is 10.1. The van der Waals surface area contributed by atoms with E-state index in [1.807, 2.05) is 18.2 Å². The Hall–Kier alpha value is -1.67. The molecule has 1 unspecified atom stereocenters. The van der Waals surface area contributed by atoms with Crippen molar-refractivity contribution in [3.8, 4) is 5.75 Å². The fourth-order valence-electron chi connectivity index (χ4n) is 2.61. The van der Waals surface area contributed by atoms with Crippen LogP contribution in [0.3, 0.4) is 0 Å². The first kappa shape index (κ1) is 18.1. The van der Waals surface area contributed by atoms with Gasteiger partial charge in [-0.2, -0.15) is 11.8 Å². The minimum absolute atomic E-state index is 0.0931. The zero-order chi connectivity index (χ0) is 17.6. The number of ether oxygens (including phenoxy) is 1. The number of thioether (sulfide) groups is 2. The third-order valence-electron chi connectivity index (χ3n) is 3.99. The number of nitrogens with one attached hydrogen (secondary N) is 2. The van der Waals surface area contributed by atoms with E-state index < -0.39 is 6.04 Å². The predicted molar refractivity (Wildman–Crippen MR) is 98.7 cm³/mol. The maximum Gasteiger partial charge on any atom is 0.258 e. The van der Waals surface area contributed by atoms with Gasteiger partial charge in [0.1, 0.15) is 17.2 Å². The molecule has 2 amide bonds. The molecule has 0 aromatic heterocycles. The molecule has 2 heterocycles. The number of β-lactam (4-membered cyclic amide) rings is 1. The van der Waals surface area contributed by atoms with Crippen molar-refractivity contribution in [1.82, 2.24) is 10.6 Å². The lowest BCUT2D eigenvalue weighted by Gasteiger charge is -2.36. The first-order valence-electron chi connectivity index (χ1n) is 8.17. The van der Waals surface area contributed by atoms with Gasteiger partial charge in [-0.3, -0.25) is 14.4 Å². The fourth-order valence-corrected chi connectivity index (χ4v) is 5.07. The largest absolute Gasteiger partial charge is 0.484 e. The Kier molecular flexibility index (Phi) is 6.25. The molecule has 0 aliphatic carbocycles. The van der Waals surface area contributed by atoms with Crippen LogP contribution >= 0.6 is 23.5 Å². The Bertz CT molecular complexity index is 635. The summed E-state index contributed by atoms with van der Waals surface area (Å²) < 4.78 is 5.37. The van der Waals surface area contributed by atoms with E-state index in [2.05, 4.69) is 10.6 Å². The molecule has 6 nitrogen and oxygen atoms in total. The maximum absolute atomic E-state index is 12.1. The highest BCUT2D eigenvalue weighted by atomic mass is 32.2. The number of Topliss-reactive ketones (excluding diaryl/α,β-unsaturated/α-hetero) is 1. The monoisotopic (exact) mass is 380 g/mol. The topological polar surface area (TPSA) is 84.5 Å². The number of amides is 2. The molecule has 3 rings (SSSR count). The van der Waals surface area contributed by atoms with Gasteiger partial charge < -0.3 is 15.4 Å². The first-order valence-corrected chi connectivity index (χ1v) is 10.3. The molecule has 8 heteroatoms. The Labute approximate surface area is 154 Å². The van der Waals surface area contributed by atoms with Crippen LogP contribution in [0.4, 0.5) is 0 Å². The molecule has 25 heavy (non-hydrogen) atoms. The van der Waals surface area contributed by atoms with Gasteiger partial charge in [-0.05, 0) is 30.7 Å². The van der Waals surface area contributed by atoms with Crippen LogP contribution in [-0.4, -0.2) is 52.4 Å². The van der Waals surface area contributed by atoms with Crippen molar-refractivity contribution >= 4 is 41.1 Å². The summed E-state index contributed by atoms with van der Waals surface area (Å²) in [5.41, 5.74) is 0. The lowest BCUT2D eigenvalue weighted by molar-refractivity contribution is -0.134. The number of carbonyl (C=O) groups is 3. The van der Waals surface area contributed by atoms with Gasteiger partial charge >= 0.3 is 0 Å². The number of para-hydroxylation sites is 1. The van der Waals surface area contributed by atoms with Crippen molar-refractivity contribution in [2.45, 2.75) is 29.5 Å². The number of carbonyl (C=O) groups excluding carboxylic acids is 3. The van der Waals surface area contributed by atoms with E-state index in [0.717, 1.165) is 18.6 Å². The summed E-state index contributed by atoms with van der Waals surface area (Å²) in [5, 5.41) is 5.23. The van der Waals surface area contributed by atoms with Crippen LogP contribution in [0.5, 0.6) is 5.75 Å². The summed E-state index contributed by atoms with van der Waals surface area (Å²) in [4.78, 5) is 35.7. The number of hydrogen-bond donors (Lipinski definition) is 2. The van der Waals surface area contributed by atoms with Gasteiger partial charge in [0.05, 0.1) is 11.0 Å². The van der Waals surface area contributed by atoms with Gasteiger partial charge in [0.15, 0.2) is 12.4 Å². The van der Waals surface area contributed by atoms with Crippen LogP contribution in [0.2, 0.25) is 0 Å². The van der Waals surface area contributed by atoms with E-state index in [-0.39, 0.29) is 34.8 Å². The molecule has 1 aromatic rings. The van der Waals surface area contributed by atoms with Gasteiger partial charge in [0.25, 0.3) is 5.91 Å². The van der Waals surface area contributed by atoms with Crippen molar-refractivity contribution in [3.63, 3.8) is 0 Å². The van der Waals surface area contributed by atoms with Gasteiger partial charge in [-0.1, -0.05) is 18.2 Å². The quantitative estimate of drug-likeness (QED) is 0.660. The third kappa shape index (κ3) is 4.92. The average Bonchev–Trinajstić information content (AvgIpc) is 3.17. The van der Waals surface area contributed by atoms with Crippen LogP contribution in [0.25, 0.3) is 0 Å². The molecule has 3 atom stereocenters. The summed E-state index contributed by atoms with van der Waals surface area (Å²) in [6.07, 6.45) is 2.03. The van der Waals surface area contributed by atoms with E-state index >= 15 is 0 Å². The molecule has 0 radical (unpaired) electrons. The Morgan fingerprint density at radius 2 is 2.12 bits per heavy atom. The fraction of sp³-hybridized carbons (Fsp3) is 0.471. The van der Waals surface area contributed by atoms with Crippen LogP contribution in [0.1, 0.15) is 12.8 Å². The highest BCUT2D eigenvalue weighted by molar-refractivity contribution is 8.02. The van der Waals surface area contributed by atoms with E-state index in [9.17, 15) is 14.4 Å². The maximum atomic E-state index is 12.1. The highest BCUT2D eigenvalue weighted by Gasteiger charge is 2.41. The third-order valence-corrected chi connectivity index (χ3v) is 6.62. The molecule has 1 aromatic carbocycles. The molecule has 2 aliphatic rings. The number of benzene rings is 1. The second-order valence-electron chi connectivity index (χ2n) is 5.86. The smallest absolute Gasteiger partial charge is 0.258 e. The number of hydrogen-bond acceptors (Lipinski definition) is 6. The zero-order valence-corrected chi connectivity index (χ0v) is 15.2. The molecule has 2 N–H and O–H groups in total. The van der Waals surface area contributed by atoms with Crippen molar-refractivity contribution in [2.24, 2.45) is 0 Å². The SMILES string of the molecule is O=C(COc1ccccc1)N[C@@H]1C(=O)N[C@@H]1SCC(=O)C1CCCS1. The van der Waals surface area contributed by atoms with Gasteiger partial charge in [0.2, 0.25) is 5.91 Å². The molecule has 0 bridgehead atoms. The standard InChI is InChI=1S/C17H20N2O4S2/c20-12(13-7-4-8-24-13)10-25-17-15(16(22)19-17)18-14(21)9-23-11-5-2-1-3-6-11/h1-3,5-6,13,15,17H,4,7-10H2,(H,18,21)(H,19,22)/t13?,15-,17-/m1/s1. The zero-order valence-electron chi connectivity index (χ0n) is 13.6. The molecule has 2 fully saturated rings. The predicted octanol–water partition coefficient (Wildman–Crippen LogP) is 1.20. The average molecular weight is 380 g/mol. The van der Waals surface area contributed by atoms with E-state index in [4.69, 9.17) is 4.74 Å². The summed E-state index contributed by atoms with van der Waals surface area (Å²) in [5.74, 6) is 1.63. The second kappa shape index (κ2) is 8.62. The highest BCUT2D eigenvalue weighted by Crippen LogP contribution is 2.29. The second-order valence-corrected chi connectivity index (χ2v) is 8.30. The van der Waals surface area contributed by atoms with Crippen LogP contribution in [0, 0.1) is 0 Å². The summed E-state index contributed by atoms with van der Waals surface area (Å²) in [6, 6.07) is 8.40. The summed E-state index contributed by atoms with van der Waals surface area (Å²) >= 11 is 3.08. The molecule has 2 saturated heterocycles. The van der Waals surface area contributed by atoms with E-state index in [1.54, 1.807) is 23.9 Å². The molecular formula is C17H20N2O4S2. The Balaban J connectivity index is 1.40. The van der Waals surface area contributed by atoms with Gasteiger partial charge in [-0.15, -0.1) is 11.8 Å². The van der Waals surface area contributed by atoms with Crippen LogP contribution < -0.4 is 15.4 Å². The Morgan fingerprint density at radius 3 is 2.80 bits per heavy atom. The summed E-state index contributed by atoms with van der Waals surface area (Å²) in [6.45, 7) is -0.150. The number of rotatable bonds is 8. The van der Waals surface area contributed by atoms with E-state index in [1.165, 1.54) is 11.8 Å². The number of ketones is 1. The van der Waals surface area contributed by atoms with Gasteiger partial charge in [-0.25, -0.2) is 0 Å². The molecular weight excluding hydrogens is 360 g/mol. The van der Waals surface area contributed by atoms with Gasteiger partial charge in [0, 0.05) is 0 Å². The molecule has 0 spiro atoms. The molecule has 134 valence electrons. The van der Waals surface area contributed by atoms with Crippen molar-refractivity contribution in [1.29, 1.82) is 0 Å². The van der Waals surface area contributed by atoms with Crippen LogP contribution in [-0.2, 0) is 14.4 Å². The molecule has 2 aliphatic heterocycles. The minimum atomic E-state index is -0.610. The van der Waals surface area contributed by atoms with Crippen molar-refractivity contribution < 1.29 is 19.1 Å². The lowest BCUT2D eigenvalue weighted by Crippen LogP contribution is -2.68. The minimum Gasteiger partial charge on any atom is -0.484 e. The molecule has 0 saturated carbocycles. The van der Waals surface area contributed by atoms with Crippen molar-refractivity contribution in [2.75, 3.05) is 18.1 Å². The van der Waals surface area contributed by atoms with E-state index in [0.29, 0.717) is 11.5 Å². The van der Waals surface area contributed by atoms with Crippen LogP contribution in [0.15, 0.2) is 30.3 Å². The normalized spacial score (nSPS) is 25.0. The first-order chi connectivity index (χ1) is 12.1.